The van der Waals surface area contributed by atoms with E-state index in [1.807, 2.05) is 21.1 Å². The molecule has 0 aromatic rings. The van der Waals surface area contributed by atoms with Crippen molar-refractivity contribution in [3.05, 3.63) is 12.2 Å². The summed E-state index contributed by atoms with van der Waals surface area (Å²) in [4.78, 5) is 56.9. The van der Waals surface area contributed by atoms with Crippen LogP contribution in [0.2, 0.25) is 0 Å². The van der Waals surface area contributed by atoms with Crippen molar-refractivity contribution in [2.45, 2.75) is 194 Å². The summed E-state index contributed by atoms with van der Waals surface area (Å²) in [6.45, 7) is 15.3. The second-order valence-electron chi connectivity index (χ2n) is 18.3. The molecule has 0 fully saturated rings. The first kappa shape index (κ1) is 68.9. The minimum Gasteiger partial charge on any atom is -0.756 e. The van der Waals surface area contributed by atoms with Gasteiger partial charge in [0.1, 0.15) is 32.5 Å². The summed E-state index contributed by atoms with van der Waals surface area (Å²) in [6, 6.07) is 0. The van der Waals surface area contributed by atoms with Crippen LogP contribution in [0, 0.1) is 0 Å². The first-order chi connectivity index (χ1) is 32.4. The molecule has 0 saturated heterocycles. The lowest BCUT2D eigenvalue weighted by atomic mass is 10.0. The van der Waals surface area contributed by atoms with E-state index in [-0.39, 0.29) is 51.4 Å². The van der Waals surface area contributed by atoms with E-state index in [4.69, 9.17) is 37.3 Å². The zero-order valence-corrected chi connectivity index (χ0v) is 45.8. The Labute approximate surface area is 414 Å². The molecule has 17 nitrogen and oxygen atoms in total. The van der Waals surface area contributed by atoms with Crippen LogP contribution in [0.15, 0.2) is 12.2 Å². The number of esters is 2. The summed E-state index contributed by atoms with van der Waals surface area (Å²) in [5.41, 5.74) is 4.56. The fourth-order valence-corrected chi connectivity index (χ4v) is 8.05. The van der Waals surface area contributed by atoms with E-state index in [9.17, 15) is 28.8 Å². The summed E-state index contributed by atoms with van der Waals surface area (Å²) >= 11 is 0. The highest BCUT2D eigenvalue weighted by molar-refractivity contribution is 7.52. The molecule has 0 amide bonds. The van der Waals surface area contributed by atoms with E-state index in [0.717, 1.165) is 56.9 Å². The minimum atomic E-state index is -4.35. The van der Waals surface area contributed by atoms with Crippen LogP contribution in [-0.4, -0.2) is 134 Å². The Balaban J connectivity index is 0. The van der Waals surface area contributed by atoms with Gasteiger partial charge in [0.15, 0.2) is 0 Å². The Morgan fingerprint density at radius 3 is 1.66 bits per heavy atom. The van der Waals surface area contributed by atoms with Crippen molar-refractivity contribution < 1.29 is 80.8 Å². The lowest BCUT2D eigenvalue weighted by Gasteiger charge is -2.26. The molecule has 0 aromatic heterocycles. The standard InChI is InChI=1S/C31H62NO7P.C18H38NO8P/c1-7-9-10-11-12-13-14-15-16-17-18-19-20-22-29(3)27-30(37-25-21-23-31(33)36-8-2)28-39-40(34,35)38-26-24-32(4,5)6;1-3-5-12-23-15-17(16-27-28(21,22)26-14-11-19)25-13-9-7-6-8-10-18(20)24-4-2/h30H,3,7-28H2,1-2,4-6H3;17H,3-16,19H2,1-2H3,(H,21,22)/p+1. The molecule has 406 valence electrons. The highest BCUT2D eigenvalue weighted by Gasteiger charge is 2.30. The van der Waals surface area contributed by atoms with E-state index >= 15 is 0 Å². The number of nitrogens with zero attached hydrogens (tertiary/aromatic N) is 1. The second-order valence-corrected chi connectivity index (χ2v) is 21.1. The third kappa shape index (κ3) is 51.2. The molecule has 0 aliphatic carbocycles. The molecule has 0 aliphatic rings. The van der Waals surface area contributed by atoms with Gasteiger partial charge in [-0.2, -0.15) is 13.9 Å². The number of rotatable bonds is 49. The van der Waals surface area contributed by atoms with Gasteiger partial charge in [-0.25, -0.2) is 0 Å². The normalized spacial score (nSPS) is 14.3. The van der Waals surface area contributed by atoms with E-state index in [1.165, 1.54) is 77.0 Å². The van der Waals surface area contributed by atoms with Crippen LogP contribution in [0.1, 0.15) is 182 Å². The zero-order valence-electron chi connectivity index (χ0n) is 44.0. The predicted octanol–water partition coefficient (Wildman–Crippen LogP) is 8.36. The third-order valence-electron chi connectivity index (χ3n) is 10.5. The van der Waals surface area contributed by atoms with Gasteiger partial charge in [0, 0.05) is 32.7 Å². The number of hydrogen-bond acceptors (Lipinski definition) is 15. The van der Waals surface area contributed by atoms with Crippen molar-refractivity contribution in [1.82, 2.24) is 0 Å². The quantitative estimate of drug-likeness (QED) is 0.0192. The molecule has 0 rings (SSSR count). The maximum absolute atomic E-state index is 12.4. The van der Waals surface area contributed by atoms with Crippen LogP contribution in [-0.2, 0) is 55.9 Å². The van der Waals surface area contributed by atoms with Crippen LogP contribution < -0.4 is 15.5 Å². The first-order valence-corrected chi connectivity index (χ1v) is 29.0. The Bertz CT molecular complexity index is 1230. The lowest BCUT2D eigenvalue weighted by Crippen LogP contribution is -2.52. The molecule has 0 radical (unpaired) electrons. The fourth-order valence-electron chi connectivity index (χ4n) is 6.53. The Hall–Kier alpha value is -1.14. The van der Waals surface area contributed by atoms with E-state index < -0.39 is 28.2 Å². The van der Waals surface area contributed by atoms with Gasteiger partial charge in [0.05, 0.1) is 60.2 Å². The minimum absolute atomic E-state index is 0.00883. The highest BCUT2D eigenvalue weighted by Crippen LogP contribution is 2.47. The van der Waals surface area contributed by atoms with Crippen LogP contribution in [0.5, 0.6) is 0 Å². The Morgan fingerprint density at radius 2 is 1.12 bits per heavy atom. The average molecular weight is 1020 g/mol. The number of carbonyl (C=O) groups excluding carboxylic acids is 2. The summed E-state index contributed by atoms with van der Waals surface area (Å²) in [7, 11) is -2.59. The fraction of sp³-hybridized carbons (Fsp3) is 0.918. The van der Waals surface area contributed by atoms with Crippen LogP contribution in [0.3, 0.4) is 0 Å². The molecule has 0 saturated carbocycles. The van der Waals surface area contributed by atoms with Crippen molar-refractivity contribution in [3.63, 3.8) is 0 Å². The lowest BCUT2D eigenvalue weighted by molar-refractivity contribution is -0.870. The van der Waals surface area contributed by atoms with E-state index in [1.54, 1.807) is 13.8 Å². The largest absolute Gasteiger partial charge is 0.756 e. The molecule has 4 atom stereocenters. The van der Waals surface area contributed by atoms with Gasteiger partial charge in [0.25, 0.3) is 7.82 Å². The number of likely N-dealkylation sites (N-methyl/N-ethyl adjacent to an activating group) is 1. The summed E-state index contributed by atoms with van der Waals surface area (Å²) < 4.78 is 59.2. The van der Waals surface area contributed by atoms with Crippen molar-refractivity contribution in [2.75, 3.05) is 100 Å². The summed E-state index contributed by atoms with van der Waals surface area (Å²) in [5.74, 6) is -0.417. The predicted molar refractivity (Wildman–Crippen MR) is 266 cm³/mol. The number of phosphoric acid groups is 2. The zero-order chi connectivity index (χ0) is 51.2. The van der Waals surface area contributed by atoms with Crippen molar-refractivity contribution in [1.29, 1.82) is 0 Å². The summed E-state index contributed by atoms with van der Waals surface area (Å²) in [6.07, 6.45) is 24.2. The number of unbranched alkanes of at least 4 members (excludes halogenated alkanes) is 16. The summed E-state index contributed by atoms with van der Waals surface area (Å²) in [5, 5.41) is 0. The van der Waals surface area contributed by atoms with Crippen LogP contribution >= 0.6 is 16.0 Å². The first-order valence-electron chi connectivity index (χ1n) is 26.0. The van der Waals surface area contributed by atoms with Gasteiger partial charge in [-0.05, 0) is 58.8 Å². The molecule has 68 heavy (non-hydrogen) atoms. The van der Waals surface area contributed by atoms with Crippen molar-refractivity contribution in [3.8, 4) is 0 Å². The average Bonchev–Trinajstić information content (AvgIpc) is 3.27. The van der Waals surface area contributed by atoms with Crippen LogP contribution in [0.4, 0.5) is 0 Å². The molecule has 0 spiro atoms. The maximum Gasteiger partial charge on any atom is 0.377 e. The number of carbonyl (C=O) groups is 2. The Morgan fingerprint density at radius 1 is 0.618 bits per heavy atom. The van der Waals surface area contributed by atoms with Gasteiger partial charge in [-0.1, -0.05) is 122 Å². The second kappa shape index (κ2) is 46.9. The van der Waals surface area contributed by atoms with Gasteiger partial charge < -0.3 is 52.7 Å². The van der Waals surface area contributed by atoms with Crippen molar-refractivity contribution in [2.24, 2.45) is 0 Å². The number of ether oxygens (including phenoxy) is 5. The van der Waals surface area contributed by atoms with Crippen LogP contribution in [0.25, 0.3) is 0 Å². The Kier molecular flexibility index (Phi) is 47.5. The molecule has 0 aliphatic heterocycles. The van der Waals surface area contributed by atoms with Gasteiger partial charge in [-0.15, -0.1) is 0 Å². The third-order valence-corrected chi connectivity index (χ3v) is 12.4. The molecule has 19 heteroatoms. The monoisotopic (exact) mass is 1020 g/mol. The number of phosphoric ester groups is 2. The van der Waals surface area contributed by atoms with E-state index in [2.05, 4.69) is 30.7 Å². The molecule has 0 heterocycles. The molecule has 4 unspecified atom stereocenters. The number of quaternary nitrogens is 2. The molecular weight excluding hydrogens is 918 g/mol. The van der Waals surface area contributed by atoms with E-state index in [0.29, 0.717) is 69.9 Å². The SMILES string of the molecule is C=C(CCCCCCCCCCCCCCC)CC(CO[P+]([O-])(O)OCC[N+](C)(C)C)OCCCC(=O)OCC.CCCCOCC(COP(=O)([O-])OCC[NH3+])OCCCCCCC(=O)OCC. The molecule has 0 aromatic carbocycles. The highest BCUT2D eigenvalue weighted by atomic mass is 31.2. The number of hydrogen-bond donors (Lipinski definition) is 2. The topological polar surface area (TPSA) is 228 Å². The molecule has 4 N–H and O–H groups in total. The smallest absolute Gasteiger partial charge is 0.377 e. The van der Waals surface area contributed by atoms with Crippen molar-refractivity contribution >= 4 is 27.9 Å². The maximum atomic E-state index is 12.4. The van der Waals surface area contributed by atoms with Gasteiger partial charge in [0.2, 0.25) is 0 Å². The van der Waals surface area contributed by atoms with Gasteiger partial charge >= 0.3 is 20.1 Å². The molecular formula is C49H101N2O15P2+. The molecule has 0 bridgehead atoms. The van der Waals surface area contributed by atoms with Gasteiger partial charge in [-0.3, -0.25) is 14.2 Å².